The Morgan fingerprint density at radius 3 is 3.00 bits per heavy atom. The highest BCUT2D eigenvalue weighted by molar-refractivity contribution is 5.15. The van der Waals surface area contributed by atoms with Crippen LogP contribution in [0, 0.1) is 17.1 Å². The van der Waals surface area contributed by atoms with Gasteiger partial charge in [-0.05, 0) is 30.7 Å². The first-order chi connectivity index (χ1) is 6.83. The van der Waals surface area contributed by atoms with E-state index in [2.05, 4.69) is 11.4 Å². The molecule has 0 aliphatic rings. The van der Waals surface area contributed by atoms with Gasteiger partial charge in [0, 0.05) is 13.0 Å². The SMILES string of the molecule is N#CCCCNCc1cccc(F)c1. The van der Waals surface area contributed by atoms with E-state index in [0.29, 0.717) is 13.0 Å². The standard InChI is InChI=1S/C11H13FN2/c12-11-5-3-4-10(8-11)9-14-7-2-1-6-13/h3-5,8,14H,1-2,7,9H2. The maximum atomic E-state index is 12.7. The van der Waals surface area contributed by atoms with Crippen LogP contribution in [0.4, 0.5) is 4.39 Å². The first-order valence-corrected chi connectivity index (χ1v) is 4.65. The lowest BCUT2D eigenvalue weighted by Gasteiger charge is -2.02. The van der Waals surface area contributed by atoms with Crippen molar-refractivity contribution < 1.29 is 4.39 Å². The molecule has 0 radical (unpaired) electrons. The van der Waals surface area contributed by atoms with Crippen molar-refractivity contribution in [2.45, 2.75) is 19.4 Å². The zero-order valence-corrected chi connectivity index (χ0v) is 7.96. The Balaban J connectivity index is 2.22. The van der Waals surface area contributed by atoms with E-state index < -0.39 is 0 Å². The molecule has 14 heavy (non-hydrogen) atoms. The van der Waals surface area contributed by atoms with Gasteiger partial charge in [-0.25, -0.2) is 4.39 Å². The third-order valence-electron chi connectivity index (χ3n) is 1.86. The predicted molar refractivity (Wildman–Crippen MR) is 53.0 cm³/mol. The number of hydrogen-bond donors (Lipinski definition) is 1. The van der Waals surface area contributed by atoms with Crippen LogP contribution in [-0.4, -0.2) is 6.54 Å². The maximum Gasteiger partial charge on any atom is 0.123 e. The monoisotopic (exact) mass is 192 g/mol. The van der Waals surface area contributed by atoms with Crippen LogP contribution in [0.5, 0.6) is 0 Å². The average Bonchev–Trinajstić information content (AvgIpc) is 2.18. The molecule has 1 N–H and O–H groups in total. The number of nitriles is 1. The van der Waals surface area contributed by atoms with Crippen molar-refractivity contribution in [1.82, 2.24) is 5.32 Å². The van der Waals surface area contributed by atoms with Crippen LogP contribution < -0.4 is 5.32 Å². The summed E-state index contributed by atoms with van der Waals surface area (Å²) in [6, 6.07) is 8.59. The van der Waals surface area contributed by atoms with Crippen LogP contribution in [0.15, 0.2) is 24.3 Å². The molecular formula is C11H13FN2. The van der Waals surface area contributed by atoms with Gasteiger partial charge in [0.1, 0.15) is 5.82 Å². The summed E-state index contributed by atoms with van der Waals surface area (Å²) in [5.41, 5.74) is 0.932. The van der Waals surface area contributed by atoms with Gasteiger partial charge in [-0.1, -0.05) is 12.1 Å². The highest BCUT2D eigenvalue weighted by Gasteiger charge is 1.94. The predicted octanol–water partition coefficient (Wildman–Crippen LogP) is 2.22. The highest BCUT2D eigenvalue weighted by Crippen LogP contribution is 2.02. The normalized spacial score (nSPS) is 9.71. The summed E-state index contributed by atoms with van der Waals surface area (Å²) in [4.78, 5) is 0. The first-order valence-electron chi connectivity index (χ1n) is 4.65. The fourth-order valence-corrected chi connectivity index (χ4v) is 1.17. The van der Waals surface area contributed by atoms with Gasteiger partial charge >= 0.3 is 0 Å². The fourth-order valence-electron chi connectivity index (χ4n) is 1.17. The number of unbranched alkanes of at least 4 members (excludes halogenated alkanes) is 1. The third-order valence-corrected chi connectivity index (χ3v) is 1.86. The minimum atomic E-state index is -0.207. The van der Waals surface area contributed by atoms with E-state index in [-0.39, 0.29) is 5.82 Å². The smallest absolute Gasteiger partial charge is 0.123 e. The summed E-state index contributed by atoms with van der Waals surface area (Å²) in [5, 5.41) is 11.4. The molecule has 0 bridgehead atoms. The second kappa shape index (κ2) is 6.11. The molecule has 3 heteroatoms. The third kappa shape index (κ3) is 4.01. The van der Waals surface area contributed by atoms with E-state index in [0.717, 1.165) is 18.5 Å². The molecule has 0 heterocycles. The Labute approximate surface area is 83.4 Å². The van der Waals surface area contributed by atoms with E-state index >= 15 is 0 Å². The Kier molecular flexibility index (Phi) is 4.66. The minimum Gasteiger partial charge on any atom is -0.313 e. The summed E-state index contributed by atoms with van der Waals surface area (Å²) in [5.74, 6) is -0.207. The lowest BCUT2D eigenvalue weighted by Crippen LogP contribution is -2.14. The van der Waals surface area contributed by atoms with Crippen LogP contribution in [0.1, 0.15) is 18.4 Å². The van der Waals surface area contributed by atoms with Gasteiger partial charge in [-0.15, -0.1) is 0 Å². The van der Waals surface area contributed by atoms with Gasteiger partial charge in [0.25, 0.3) is 0 Å². The van der Waals surface area contributed by atoms with Crippen LogP contribution in [-0.2, 0) is 6.54 Å². The lowest BCUT2D eigenvalue weighted by atomic mass is 10.2. The molecule has 74 valence electrons. The highest BCUT2D eigenvalue weighted by atomic mass is 19.1. The number of nitrogens with one attached hydrogen (secondary N) is 1. The summed E-state index contributed by atoms with van der Waals surface area (Å²) >= 11 is 0. The van der Waals surface area contributed by atoms with Crippen molar-refractivity contribution in [3.63, 3.8) is 0 Å². The molecule has 0 aliphatic carbocycles. The molecule has 0 aromatic heterocycles. The van der Waals surface area contributed by atoms with Gasteiger partial charge in [-0.2, -0.15) is 5.26 Å². The molecule has 1 rings (SSSR count). The Morgan fingerprint density at radius 1 is 1.43 bits per heavy atom. The molecular weight excluding hydrogens is 179 g/mol. The number of hydrogen-bond acceptors (Lipinski definition) is 2. The van der Waals surface area contributed by atoms with E-state index in [1.165, 1.54) is 12.1 Å². The summed E-state index contributed by atoms with van der Waals surface area (Å²) in [7, 11) is 0. The van der Waals surface area contributed by atoms with Crippen LogP contribution in [0.25, 0.3) is 0 Å². The van der Waals surface area contributed by atoms with Crippen LogP contribution in [0.3, 0.4) is 0 Å². The molecule has 0 fully saturated rings. The molecule has 1 aromatic rings. The van der Waals surface area contributed by atoms with Gasteiger partial charge in [0.05, 0.1) is 6.07 Å². The summed E-state index contributed by atoms with van der Waals surface area (Å²) in [6.07, 6.45) is 1.40. The quantitative estimate of drug-likeness (QED) is 0.726. The number of benzene rings is 1. The molecule has 0 unspecified atom stereocenters. The largest absolute Gasteiger partial charge is 0.313 e. The topological polar surface area (TPSA) is 35.8 Å². The van der Waals surface area contributed by atoms with Gasteiger partial charge in [0.2, 0.25) is 0 Å². The van der Waals surface area contributed by atoms with Crippen molar-refractivity contribution in [1.29, 1.82) is 5.26 Å². The number of halogens is 1. The van der Waals surface area contributed by atoms with Crippen LogP contribution >= 0.6 is 0 Å². The van der Waals surface area contributed by atoms with Crippen LogP contribution in [0.2, 0.25) is 0 Å². The van der Waals surface area contributed by atoms with E-state index in [1.807, 2.05) is 6.07 Å². The van der Waals surface area contributed by atoms with E-state index in [9.17, 15) is 4.39 Å². The molecule has 0 amide bonds. The zero-order valence-electron chi connectivity index (χ0n) is 7.96. The molecule has 0 saturated heterocycles. The second-order valence-electron chi connectivity index (χ2n) is 3.07. The van der Waals surface area contributed by atoms with E-state index in [4.69, 9.17) is 5.26 Å². The summed E-state index contributed by atoms with van der Waals surface area (Å²) in [6.45, 7) is 1.45. The molecule has 1 aromatic carbocycles. The molecule has 0 aliphatic heterocycles. The fraction of sp³-hybridized carbons (Fsp3) is 0.364. The van der Waals surface area contributed by atoms with Crippen molar-refractivity contribution in [2.24, 2.45) is 0 Å². The Hall–Kier alpha value is -1.40. The zero-order chi connectivity index (χ0) is 10.2. The lowest BCUT2D eigenvalue weighted by molar-refractivity contribution is 0.617. The Morgan fingerprint density at radius 2 is 2.29 bits per heavy atom. The van der Waals surface area contributed by atoms with Gasteiger partial charge in [-0.3, -0.25) is 0 Å². The first kappa shape index (κ1) is 10.7. The van der Waals surface area contributed by atoms with Crippen molar-refractivity contribution in [3.05, 3.63) is 35.6 Å². The maximum absolute atomic E-state index is 12.7. The molecule has 0 atom stereocenters. The molecule has 0 saturated carbocycles. The number of nitrogens with zero attached hydrogens (tertiary/aromatic N) is 1. The minimum absolute atomic E-state index is 0.207. The van der Waals surface area contributed by atoms with Crippen molar-refractivity contribution in [2.75, 3.05) is 6.54 Å². The number of rotatable bonds is 5. The van der Waals surface area contributed by atoms with Gasteiger partial charge < -0.3 is 5.32 Å². The van der Waals surface area contributed by atoms with Crippen molar-refractivity contribution >= 4 is 0 Å². The van der Waals surface area contributed by atoms with Crippen molar-refractivity contribution in [3.8, 4) is 6.07 Å². The molecule has 0 spiro atoms. The summed E-state index contributed by atoms with van der Waals surface area (Å²) < 4.78 is 12.7. The second-order valence-corrected chi connectivity index (χ2v) is 3.07. The van der Waals surface area contributed by atoms with Gasteiger partial charge in [0.15, 0.2) is 0 Å². The molecule has 2 nitrogen and oxygen atoms in total. The van der Waals surface area contributed by atoms with E-state index in [1.54, 1.807) is 6.07 Å². The average molecular weight is 192 g/mol. The Bertz CT molecular complexity index is 317.